The lowest BCUT2D eigenvalue weighted by molar-refractivity contribution is -0.140. The highest BCUT2D eigenvalue weighted by Gasteiger charge is 2.19. The van der Waals surface area contributed by atoms with Gasteiger partial charge in [-0.05, 0) is 12.8 Å². The fraction of sp³-hybridized carbons (Fsp3) is 0.571. The van der Waals surface area contributed by atoms with Gasteiger partial charge in [0, 0.05) is 29.1 Å². The number of hydrogen-bond donors (Lipinski definition) is 0. The Balaban J connectivity index is 2.11. The third-order valence-electron chi connectivity index (χ3n) is 3.09. The second-order valence-corrected chi connectivity index (χ2v) is 6.52. The molecule has 104 valence electrons. The zero-order valence-corrected chi connectivity index (χ0v) is 12.7. The van der Waals surface area contributed by atoms with Crippen LogP contribution in [0.4, 0.5) is 0 Å². The van der Waals surface area contributed by atoms with E-state index in [9.17, 15) is 4.79 Å². The Hall–Kier alpha value is -1.36. The van der Waals surface area contributed by atoms with Gasteiger partial charge < -0.3 is 4.74 Å². The summed E-state index contributed by atoms with van der Waals surface area (Å²) in [5, 5.41) is 2.12. The molecule has 0 unspecified atom stereocenters. The van der Waals surface area contributed by atoms with Crippen molar-refractivity contribution in [2.24, 2.45) is 0 Å². The quantitative estimate of drug-likeness (QED) is 0.808. The van der Waals surface area contributed by atoms with Crippen molar-refractivity contribution in [1.29, 1.82) is 0 Å². The Labute approximate surface area is 117 Å². The molecule has 4 nitrogen and oxygen atoms in total. The van der Waals surface area contributed by atoms with Crippen molar-refractivity contribution in [3.05, 3.63) is 23.0 Å². The molecule has 5 heteroatoms. The van der Waals surface area contributed by atoms with Gasteiger partial charge >= 0.3 is 5.97 Å². The van der Waals surface area contributed by atoms with E-state index in [0.717, 1.165) is 23.5 Å². The molecule has 0 aliphatic carbocycles. The van der Waals surface area contributed by atoms with Gasteiger partial charge in [-0.1, -0.05) is 20.8 Å². The first kappa shape index (κ1) is 14.1. The van der Waals surface area contributed by atoms with E-state index in [2.05, 4.69) is 46.5 Å². The number of ether oxygens (including phenoxy) is 1. The molecule has 0 fully saturated rings. The van der Waals surface area contributed by atoms with Gasteiger partial charge in [0.2, 0.25) is 0 Å². The van der Waals surface area contributed by atoms with E-state index in [1.54, 1.807) is 11.3 Å². The van der Waals surface area contributed by atoms with Crippen LogP contribution in [0.1, 0.15) is 45.0 Å². The van der Waals surface area contributed by atoms with Crippen molar-refractivity contribution in [1.82, 2.24) is 9.38 Å². The number of thiazole rings is 1. The maximum absolute atomic E-state index is 11.1. The first-order chi connectivity index (χ1) is 8.91. The minimum Gasteiger partial charge on any atom is -0.469 e. The highest BCUT2D eigenvalue weighted by Crippen LogP contribution is 2.25. The number of imidazole rings is 1. The molecular formula is C14H20N2O2S. The molecule has 0 radical (unpaired) electrons. The van der Waals surface area contributed by atoms with Crippen LogP contribution in [-0.2, 0) is 21.4 Å². The van der Waals surface area contributed by atoms with E-state index in [1.807, 2.05) is 0 Å². The lowest BCUT2D eigenvalue weighted by Crippen LogP contribution is -2.11. The van der Waals surface area contributed by atoms with E-state index in [4.69, 9.17) is 0 Å². The van der Waals surface area contributed by atoms with Crippen molar-refractivity contribution < 1.29 is 9.53 Å². The lowest BCUT2D eigenvalue weighted by Gasteiger charge is -2.13. The summed E-state index contributed by atoms with van der Waals surface area (Å²) in [5.74, 6) is -0.146. The number of aryl methyl sites for hydroxylation is 1. The lowest BCUT2D eigenvalue weighted by atomic mass is 9.93. The molecule has 0 aliphatic heterocycles. The van der Waals surface area contributed by atoms with Crippen LogP contribution >= 0.6 is 11.3 Å². The molecule has 2 heterocycles. The summed E-state index contributed by atoms with van der Waals surface area (Å²) >= 11 is 1.65. The predicted molar refractivity (Wildman–Crippen MR) is 76.7 cm³/mol. The Morgan fingerprint density at radius 3 is 2.84 bits per heavy atom. The maximum Gasteiger partial charge on any atom is 0.305 e. The van der Waals surface area contributed by atoms with Gasteiger partial charge in [0.25, 0.3) is 0 Å². The van der Waals surface area contributed by atoms with Gasteiger partial charge in [-0.25, -0.2) is 4.98 Å². The van der Waals surface area contributed by atoms with Crippen LogP contribution in [0.2, 0.25) is 0 Å². The van der Waals surface area contributed by atoms with Crippen molar-refractivity contribution in [3.8, 4) is 0 Å². The second-order valence-electron chi connectivity index (χ2n) is 5.69. The fourth-order valence-electron chi connectivity index (χ4n) is 1.89. The molecule has 19 heavy (non-hydrogen) atoms. The minimum absolute atomic E-state index is 0.0645. The van der Waals surface area contributed by atoms with Crippen LogP contribution in [-0.4, -0.2) is 22.5 Å². The van der Waals surface area contributed by atoms with Crippen LogP contribution < -0.4 is 0 Å². The molecule has 2 aromatic heterocycles. The van der Waals surface area contributed by atoms with Crippen molar-refractivity contribution in [3.63, 3.8) is 0 Å². The highest BCUT2D eigenvalue weighted by atomic mass is 32.1. The smallest absolute Gasteiger partial charge is 0.305 e. The number of carbonyl (C=O) groups excluding carboxylic acids is 1. The Morgan fingerprint density at radius 1 is 1.47 bits per heavy atom. The average molecular weight is 280 g/mol. The zero-order valence-electron chi connectivity index (χ0n) is 11.9. The zero-order chi connectivity index (χ0) is 14.0. The number of carbonyl (C=O) groups is 1. The van der Waals surface area contributed by atoms with Crippen LogP contribution in [0.5, 0.6) is 0 Å². The van der Waals surface area contributed by atoms with Crippen molar-refractivity contribution in [2.75, 3.05) is 7.11 Å². The summed E-state index contributed by atoms with van der Waals surface area (Å²) < 4.78 is 6.79. The third-order valence-corrected chi connectivity index (χ3v) is 3.98. The first-order valence-electron chi connectivity index (χ1n) is 6.44. The topological polar surface area (TPSA) is 43.6 Å². The molecule has 2 rings (SSSR count). The molecule has 0 saturated carbocycles. The van der Waals surface area contributed by atoms with Crippen LogP contribution in [0.3, 0.4) is 0 Å². The Kier molecular flexibility index (Phi) is 3.94. The molecule has 0 amide bonds. The molecule has 0 bridgehead atoms. The summed E-state index contributed by atoms with van der Waals surface area (Å²) in [6.07, 6.45) is 4.25. The number of nitrogens with zero attached hydrogens (tertiary/aromatic N) is 2. The molecule has 0 aromatic carbocycles. The Morgan fingerprint density at radius 2 is 2.21 bits per heavy atom. The summed E-state index contributed by atoms with van der Waals surface area (Å²) in [6, 6.07) is 0. The molecule has 0 spiro atoms. The maximum atomic E-state index is 11.1. The summed E-state index contributed by atoms with van der Waals surface area (Å²) in [4.78, 5) is 16.8. The van der Waals surface area contributed by atoms with E-state index in [0.29, 0.717) is 6.42 Å². The van der Waals surface area contributed by atoms with Crippen molar-refractivity contribution >= 4 is 22.3 Å². The van der Waals surface area contributed by atoms with Gasteiger partial charge in [-0.3, -0.25) is 9.20 Å². The first-order valence-corrected chi connectivity index (χ1v) is 7.32. The Bertz CT molecular complexity index is 578. The largest absolute Gasteiger partial charge is 0.469 e. The van der Waals surface area contributed by atoms with Crippen LogP contribution in [0.25, 0.3) is 4.96 Å². The number of esters is 1. The normalized spacial score (nSPS) is 12.0. The van der Waals surface area contributed by atoms with Gasteiger partial charge in [0.15, 0.2) is 4.96 Å². The van der Waals surface area contributed by atoms with Crippen molar-refractivity contribution in [2.45, 2.75) is 45.4 Å². The number of methoxy groups -OCH3 is 1. The highest BCUT2D eigenvalue weighted by molar-refractivity contribution is 7.15. The number of fused-ring (bicyclic) bond motifs is 1. The van der Waals surface area contributed by atoms with Gasteiger partial charge in [0.05, 0.1) is 12.8 Å². The van der Waals surface area contributed by atoms with Crippen LogP contribution in [0.15, 0.2) is 11.6 Å². The second kappa shape index (κ2) is 5.33. The summed E-state index contributed by atoms with van der Waals surface area (Å²) in [7, 11) is 1.43. The van der Waals surface area contributed by atoms with Gasteiger partial charge in [-0.2, -0.15) is 0 Å². The molecule has 2 aromatic rings. The molecular weight excluding hydrogens is 260 g/mol. The number of aromatic nitrogens is 2. The van der Waals surface area contributed by atoms with Gasteiger partial charge in [-0.15, -0.1) is 11.3 Å². The SMILES string of the molecule is COC(=O)CCCc1csc2nc(C(C)(C)C)cn12. The third kappa shape index (κ3) is 3.15. The summed E-state index contributed by atoms with van der Waals surface area (Å²) in [5.41, 5.74) is 2.38. The van der Waals surface area contributed by atoms with E-state index in [-0.39, 0.29) is 11.4 Å². The molecule has 0 aliphatic rings. The van der Waals surface area contributed by atoms with E-state index in [1.165, 1.54) is 12.8 Å². The van der Waals surface area contributed by atoms with Gasteiger partial charge in [0.1, 0.15) is 0 Å². The monoisotopic (exact) mass is 280 g/mol. The number of hydrogen-bond acceptors (Lipinski definition) is 4. The fourth-order valence-corrected chi connectivity index (χ4v) is 2.79. The van der Waals surface area contributed by atoms with E-state index < -0.39 is 0 Å². The summed E-state index contributed by atoms with van der Waals surface area (Å²) in [6.45, 7) is 6.49. The predicted octanol–water partition coefficient (Wildman–Crippen LogP) is 3.19. The molecule has 0 saturated heterocycles. The minimum atomic E-state index is -0.146. The van der Waals surface area contributed by atoms with Crippen LogP contribution in [0, 0.1) is 0 Å². The van der Waals surface area contributed by atoms with E-state index >= 15 is 0 Å². The molecule has 0 N–H and O–H groups in total. The average Bonchev–Trinajstić information content (AvgIpc) is 2.89. The standard InChI is InChI=1S/C14H20N2O2S/c1-14(2,3)11-8-16-10(9-19-13(16)15-11)6-5-7-12(17)18-4/h8-9H,5-7H2,1-4H3. The molecule has 0 atom stereocenters. The number of rotatable bonds is 4.